The molecule has 0 unspecified atom stereocenters. The number of amides is 1. The third kappa shape index (κ3) is 4.34. The third-order valence-electron chi connectivity index (χ3n) is 4.77. The molecule has 2 aromatic carbocycles. The van der Waals surface area contributed by atoms with E-state index in [1.807, 2.05) is 0 Å². The Balaban J connectivity index is 1.50. The first-order chi connectivity index (χ1) is 13.7. The Hall–Kier alpha value is -3.28. The quantitative estimate of drug-likeness (QED) is 0.697. The van der Waals surface area contributed by atoms with Crippen LogP contribution in [0.5, 0.6) is 11.6 Å². The fourth-order valence-corrected chi connectivity index (χ4v) is 3.36. The predicted octanol–water partition coefficient (Wildman–Crippen LogP) is 4.75. The molecule has 0 spiro atoms. The average molecular weight is 377 g/mol. The molecule has 28 heavy (non-hydrogen) atoms. The van der Waals surface area contributed by atoms with Crippen LogP contribution in [0.15, 0.2) is 60.9 Å². The van der Waals surface area contributed by atoms with Crippen LogP contribution in [0.25, 0.3) is 11.3 Å². The number of ether oxygens (including phenoxy) is 1. The summed E-state index contributed by atoms with van der Waals surface area (Å²) in [7, 11) is 0. The van der Waals surface area contributed by atoms with E-state index in [1.165, 1.54) is 18.5 Å². The largest absolute Gasteiger partial charge is 0.439 e. The van der Waals surface area contributed by atoms with Crippen LogP contribution in [0.1, 0.15) is 36.0 Å². The molecular formula is C22H20FN3O2. The van der Waals surface area contributed by atoms with E-state index in [2.05, 4.69) is 15.3 Å². The minimum atomic E-state index is -0.334. The zero-order chi connectivity index (χ0) is 19.3. The first-order valence-corrected chi connectivity index (χ1v) is 9.34. The summed E-state index contributed by atoms with van der Waals surface area (Å²) in [5.41, 5.74) is 1.74. The highest BCUT2D eigenvalue weighted by molar-refractivity contribution is 5.94. The third-order valence-corrected chi connectivity index (χ3v) is 4.77. The van der Waals surface area contributed by atoms with Crippen molar-refractivity contribution in [1.29, 1.82) is 0 Å². The second kappa shape index (κ2) is 8.17. The second-order valence-corrected chi connectivity index (χ2v) is 6.84. The van der Waals surface area contributed by atoms with E-state index in [-0.39, 0.29) is 17.8 Å². The molecule has 0 atom stereocenters. The number of rotatable bonds is 5. The SMILES string of the molecule is O=C(NC1CCCC1)c1cccc(Oc2cc(-c3cccc(F)c3)ncn2)c1. The molecule has 1 heterocycles. The van der Waals surface area contributed by atoms with Gasteiger partial charge in [0, 0.05) is 23.2 Å². The van der Waals surface area contributed by atoms with Crippen molar-refractivity contribution in [2.24, 2.45) is 0 Å². The lowest BCUT2D eigenvalue weighted by Crippen LogP contribution is -2.32. The van der Waals surface area contributed by atoms with E-state index in [0.29, 0.717) is 28.5 Å². The number of aromatic nitrogens is 2. The predicted molar refractivity (Wildman–Crippen MR) is 104 cm³/mol. The zero-order valence-electron chi connectivity index (χ0n) is 15.3. The summed E-state index contributed by atoms with van der Waals surface area (Å²) in [5.74, 6) is 0.394. The number of nitrogens with zero attached hydrogens (tertiary/aromatic N) is 2. The van der Waals surface area contributed by atoms with E-state index in [4.69, 9.17) is 4.74 Å². The molecule has 4 rings (SSSR count). The van der Waals surface area contributed by atoms with Crippen molar-refractivity contribution in [3.8, 4) is 22.9 Å². The highest BCUT2D eigenvalue weighted by Gasteiger charge is 2.18. The van der Waals surface area contributed by atoms with Crippen molar-refractivity contribution in [1.82, 2.24) is 15.3 Å². The van der Waals surface area contributed by atoms with Gasteiger partial charge in [0.15, 0.2) is 0 Å². The fourth-order valence-electron chi connectivity index (χ4n) is 3.36. The number of hydrogen-bond donors (Lipinski definition) is 1. The van der Waals surface area contributed by atoms with Crippen LogP contribution < -0.4 is 10.1 Å². The molecule has 0 saturated heterocycles. The second-order valence-electron chi connectivity index (χ2n) is 6.84. The number of nitrogens with one attached hydrogen (secondary N) is 1. The van der Waals surface area contributed by atoms with Crippen LogP contribution in [-0.4, -0.2) is 21.9 Å². The Morgan fingerprint density at radius 1 is 1.04 bits per heavy atom. The lowest BCUT2D eigenvalue weighted by molar-refractivity contribution is 0.0937. The molecule has 5 nitrogen and oxygen atoms in total. The molecule has 0 radical (unpaired) electrons. The standard InChI is InChI=1S/C22H20FN3O2/c23-17-7-3-5-15(11-17)20-13-21(25-14-24-20)28-19-10-4-6-16(12-19)22(27)26-18-8-1-2-9-18/h3-7,10-14,18H,1-2,8-9H2,(H,26,27). The molecular weight excluding hydrogens is 357 g/mol. The monoisotopic (exact) mass is 377 g/mol. The molecule has 1 amide bonds. The van der Waals surface area contributed by atoms with Crippen LogP contribution in [0.4, 0.5) is 4.39 Å². The van der Waals surface area contributed by atoms with Crippen molar-refractivity contribution in [3.63, 3.8) is 0 Å². The maximum atomic E-state index is 13.5. The molecule has 1 N–H and O–H groups in total. The van der Waals surface area contributed by atoms with Gasteiger partial charge in [-0.1, -0.05) is 31.0 Å². The Morgan fingerprint density at radius 3 is 2.68 bits per heavy atom. The first kappa shape index (κ1) is 18.1. The normalized spacial score (nSPS) is 14.0. The summed E-state index contributed by atoms with van der Waals surface area (Å²) in [4.78, 5) is 20.7. The Morgan fingerprint density at radius 2 is 1.86 bits per heavy atom. The van der Waals surface area contributed by atoms with E-state index in [9.17, 15) is 9.18 Å². The van der Waals surface area contributed by atoms with Gasteiger partial charge in [-0.25, -0.2) is 14.4 Å². The highest BCUT2D eigenvalue weighted by atomic mass is 19.1. The summed E-state index contributed by atoms with van der Waals surface area (Å²) < 4.78 is 19.3. The highest BCUT2D eigenvalue weighted by Crippen LogP contribution is 2.25. The minimum Gasteiger partial charge on any atom is -0.439 e. The van der Waals surface area contributed by atoms with Crippen LogP contribution >= 0.6 is 0 Å². The number of benzene rings is 2. The Labute approximate surface area is 162 Å². The van der Waals surface area contributed by atoms with Gasteiger partial charge in [0.05, 0.1) is 5.69 Å². The van der Waals surface area contributed by atoms with Gasteiger partial charge < -0.3 is 10.1 Å². The summed E-state index contributed by atoms with van der Waals surface area (Å²) in [6, 6.07) is 15.0. The van der Waals surface area contributed by atoms with Gasteiger partial charge in [0.2, 0.25) is 5.88 Å². The summed E-state index contributed by atoms with van der Waals surface area (Å²) >= 11 is 0. The molecule has 3 aromatic rings. The Kier molecular flexibility index (Phi) is 5.28. The van der Waals surface area contributed by atoms with E-state index in [0.717, 1.165) is 25.7 Å². The van der Waals surface area contributed by atoms with Crippen molar-refractivity contribution in [2.45, 2.75) is 31.7 Å². The van der Waals surface area contributed by atoms with Gasteiger partial charge in [-0.15, -0.1) is 0 Å². The van der Waals surface area contributed by atoms with Crippen molar-refractivity contribution in [3.05, 3.63) is 72.3 Å². The molecule has 1 aliphatic carbocycles. The lowest BCUT2D eigenvalue weighted by Gasteiger charge is -2.12. The van der Waals surface area contributed by atoms with E-state index in [1.54, 1.807) is 42.5 Å². The molecule has 0 aliphatic heterocycles. The fraction of sp³-hybridized carbons (Fsp3) is 0.227. The maximum absolute atomic E-state index is 13.5. The summed E-state index contributed by atoms with van der Waals surface area (Å²) in [6.07, 6.45) is 5.76. The number of carbonyl (C=O) groups is 1. The molecule has 1 saturated carbocycles. The van der Waals surface area contributed by atoms with Gasteiger partial charge in [-0.3, -0.25) is 4.79 Å². The zero-order valence-corrected chi connectivity index (χ0v) is 15.3. The van der Waals surface area contributed by atoms with Crippen LogP contribution in [0.3, 0.4) is 0 Å². The molecule has 1 aromatic heterocycles. The van der Waals surface area contributed by atoms with Gasteiger partial charge in [-0.05, 0) is 43.2 Å². The summed E-state index contributed by atoms with van der Waals surface area (Å²) in [5, 5.41) is 3.07. The molecule has 1 fully saturated rings. The Bertz CT molecular complexity index is 987. The summed E-state index contributed by atoms with van der Waals surface area (Å²) in [6.45, 7) is 0. The smallest absolute Gasteiger partial charge is 0.251 e. The minimum absolute atomic E-state index is 0.0968. The number of hydrogen-bond acceptors (Lipinski definition) is 4. The molecule has 1 aliphatic rings. The van der Waals surface area contributed by atoms with Gasteiger partial charge in [0.1, 0.15) is 17.9 Å². The van der Waals surface area contributed by atoms with Crippen LogP contribution in [0, 0.1) is 5.82 Å². The lowest BCUT2D eigenvalue weighted by atomic mass is 10.1. The van der Waals surface area contributed by atoms with Gasteiger partial charge in [0.25, 0.3) is 5.91 Å². The van der Waals surface area contributed by atoms with Crippen molar-refractivity contribution in [2.75, 3.05) is 0 Å². The van der Waals surface area contributed by atoms with Crippen molar-refractivity contribution < 1.29 is 13.9 Å². The van der Waals surface area contributed by atoms with Crippen LogP contribution in [-0.2, 0) is 0 Å². The van der Waals surface area contributed by atoms with E-state index >= 15 is 0 Å². The van der Waals surface area contributed by atoms with Crippen LogP contribution in [0.2, 0.25) is 0 Å². The topological polar surface area (TPSA) is 64.1 Å². The molecule has 0 bridgehead atoms. The average Bonchev–Trinajstić information content (AvgIpc) is 3.21. The maximum Gasteiger partial charge on any atom is 0.251 e. The van der Waals surface area contributed by atoms with E-state index < -0.39 is 0 Å². The van der Waals surface area contributed by atoms with Gasteiger partial charge >= 0.3 is 0 Å². The first-order valence-electron chi connectivity index (χ1n) is 9.34. The number of carbonyl (C=O) groups excluding carboxylic acids is 1. The number of halogens is 1. The molecule has 142 valence electrons. The van der Waals surface area contributed by atoms with Crippen molar-refractivity contribution >= 4 is 5.91 Å². The van der Waals surface area contributed by atoms with Gasteiger partial charge in [-0.2, -0.15) is 0 Å². The molecule has 6 heteroatoms.